The number of carbonyl (C=O) groups excluding carboxylic acids is 1. The van der Waals surface area contributed by atoms with Crippen LogP contribution >= 0.6 is 0 Å². The number of para-hydroxylation sites is 2. The van der Waals surface area contributed by atoms with E-state index in [0.29, 0.717) is 11.2 Å². The highest BCUT2D eigenvalue weighted by Gasteiger charge is 2.15. The predicted molar refractivity (Wildman–Crippen MR) is 101 cm³/mol. The van der Waals surface area contributed by atoms with E-state index in [1.54, 1.807) is 31.2 Å². The Morgan fingerprint density at radius 1 is 1.11 bits per heavy atom. The minimum atomic E-state index is -0.420. The van der Waals surface area contributed by atoms with Crippen molar-refractivity contribution >= 4 is 27.7 Å². The highest BCUT2D eigenvalue weighted by molar-refractivity contribution is 5.81. The molecule has 1 unspecified atom stereocenters. The maximum Gasteiger partial charge on any atom is 0.273 e. The normalized spacial score (nSPS) is 12.3. The lowest BCUT2D eigenvalue weighted by Crippen LogP contribution is -2.37. The molecule has 2 aromatic carbocycles. The molecular formula is C19H17N5O3. The molecule has 8 nitrogen and oxygen atoms in total. The van der Waals surface area contributed by atoms with Gasteiger partial charge in [-0.1, -0.05) is 24.3 Å². The zero-order valence-electron chi connectivity index (χ0n) is 14.5. The first kappa shape index (κ1) is 16.8. The Morgan fingerprint density at radius 2 is 1.81 bits per heavy atom. The smallest absolute Gasteiger partial charge is 0.273 e. The molecule has 136 valence electrons. The summed E-state index contributed by atoms with van der Waals surface area (Å²) in [4.78, 5) is 44.6. The quantitative estimate of drug-likeness (QED) is 0.509. The minimum Gasteiger partial charge on any atom is -0.345 e. The van der Waals surface area contributed by atoms with E-state index >= 15 is 0 Å². The second-order valence-electron chi connectivity index (χ2n) is 6.31. The summed E-state index contributed by atoms with van der Waals surface area (Å²) in [6.07, 6.45) is 0. The molecule has 0 spiro atoms. The fraction of sp³-hybridized carbons (Fsp3) is 0.158. The van der Waals surface area contributed by atoms with Crippen LogP contribution in [0.4, 0.5) is 0 Å². The molecule has 0 saturated carbocycles. The maximum atomic E-state index is 12.5. The average molecular weight is 363 g/mol. The summed E-state index contributed by atoms with van der Waals surface area (Å²) in [6, 6.07) is 13.7. The number of hydrogen-bond acceptors (Lipinski definition) is 4. The number of aromatic amines is 2. The predicted octanol–water partition coefficient (Wildman–Crippen LogP) is 1.44. The number of rotatable bonds is 4. The van der Waals surface area contributed by atoms with Gasteiger partial charge in [-0.25, -0.2) is 9.67 Å². The summed E-state index contributed by atoms with van der Waals surface area (Å²) in [7, 11) is 0. The van der Waals surface area contributed by atoms with E-state index in [0.717, 1.165) is 15.7 Å². The van der Waals surface area contributed by atoms with Crippen LogP contribution in [0.25, 0.3) is 21.8 Å². The first-order valence-electron chi connectivity index (χ1n) is 8.49. The zero-order chi connectivity index (χ0) is 19.0. The first-order chi connectivity index (χ1) is 13.0. The van der Waals surface area contributed by atoms with Gasteiger partial charge < -0.3 is 10.3 Å². The third-order valence-corrected chi connectivity index (χ3v) is 4.38. The van der Waals surface area contributed by atoms with E-state index in [4.69, 9.17) is 0 Å². The van der Waals surface area contributed by atoms with Crippen molar-refractivity contribution in [3.8, 4) is 0 Å². The standard InChI is InChI=1S/C19H17N5O3/c1-11(17-21-14-8-4-5-9-15(14)22-17)20-16(25)10-24-19(27)13-7-3-2-6-12(13)18(26)23-24/h2-9,11H,10H2,1H3,(H,20,25)(H,21,22)(H,23,26). The summed E-state index contributed by atoms with van der Waals surface area (Å²) in [5, 5.41) is 5.81. The van der Waals surface area contributed by atoms with Crippen molar-refractivity contribution in [2.45, 2.75) is 19.5 Å². The van der Waals surface area contributed by atoms with Crippen molar-refractivity contribution in [1.29, 1.82) is 0 Å². The zero-order valence-corrected chi connectivity index (χ0v) is 14.5. The van der Waals surface area contributed by atoms with Gasteiger partial charge in [-0.2, -0.15) is 0 Å². The Labute approximate surface area is 152 Å². The van der Waals surface area contributed by atoms with E-state index in [1.165, 1.54) is 0 Å². The molecule has 0 radical (unpaired) electrons. The number of imidazole rings is 1. The molecule has 0 fully saturated rings. The Hall–Kier alpha value is -3.68. The molecule has 3 N–H and O–H groups in total. The number of carbonyl (C=O) groups is 1. The molecule has 2 heterocycles. The number of nitrogens with one attached hydrogen (secondary N) is 3. The molecule has 0 saturated heterocycles. The second-order valence-corrected chi connectivity index (χ2v) is 6.31. The van der Waals surface area contributed by atoms with Crippen LogP contribution in [0.5, 0.6) is 0 Å². The minimum absolute atomic E-state index is 0.277. The van der Waals surface area contributed by atoms with Crippen molar-refractivity contribution in [3.05, 3.63) is 75.1 Å². The van der Waals surface area contributed by atoms with Crippen LogP contribution in [-0.4, -0.2) is 25.7 Å². The van der Waals surface area contributed by atoms with Gasteiger partial charge >= 0.3 is 0 Å². The van der Waals surface area contributed by atoms with Crippen molar-refractivity contribution in [1.82, 2.24) is 25.1 Å². The van der Waals surface area contributed by atoms with Crippen LogP contribution in [0.3, 0.4) is 0 Å². The molecule has 4 rings (SSSR count). The highest BCUT2D eigenvalue weighted by Crippen LogP contribution is 2.15. The molecule has 4 aromatic rings. The average Bonchev–Trinajstić information content (AvgIpc) is 3.10. The van der Waals surface area contributed by atoms with Crippen LogP contribution in [0.1, 0.15) is 18.8 Å². The number of amides is 1. The van der Waals surface area contributed by atoms with Gasteiger partial charge in [0.1, 0.15) is 12.4 Å². The van der Waals surface area contributed by atoms with E-state index in [2.05, 4.69) is 20.4 Å². The molecule has 0 aliphatic heterocycles. The Morgan fingerprint density at radius 3 is 2.59 bits per heavy atom. The van der Waals surface area contributed by atoms with Crippen LogP contribution in [0.15, 0.2) is 58.1 Å². The molecule has 1 amide bonds. The third-order valence-electron chi connectivity index (χ3n) is 4.38. The van der Waals surface area contributed by atoms with Gasteiger partial charge in [0.15, 0.2) is 0 Å². The van der Waals surface area contributed by atoms with Crippen LogP contribution in [0, 0.1) is 0 Å². The number of H-pyrrole nitrogens is 2. The fourth-order valence-corrected chi connectivity index (χ4v) is 3.03. The monoisotopic (exact) mass is 363 g/mol. The fourth-order valence-electron chi connectivity index (χ4n) is 3.03. The Bertz CT molecular complexity index is 1230. The summed E-state index contributed by atoms with van der Waals surface area (Å²) < 4.78 is 1.02. The van der Waals surface area contributed by atoms with E-state index in [1.807, 2.05) is 24.3 Å². The molecule has 0 aliphatic rings. The van der Waals surface area contributed by atoms with Gasteiger partial charge in [-0.15, -0.1) is 0 Å². The van der Waals surface area contributed by atoms with E-state index in [-0.39, 0.29) is 18.0 Å². The Balaban J connectivity index is 1.55. The SMILES string of the molecule is CC(NC(=O)Cn1[nH]c(=O)c2ccccc2c1=O)c1nc2ccccc2[nH]1. The summed E-state index contributed by atoms with van der Waals surface area (Å²) in [5.41, 5.74) is 0.854. The van der Waals surface area contributed by atoms with Gasteiger partial charge in [0, 0.05) is 0 Å². The molecule has 1 atom stereocenters. The third kappa shape index (κ3) is 3.12. The van der Waals surface area contributed by atoms with Crippen LogP contribution in [-0.2, 0) is 11.3 Å². The van der Waals surface area contributed by atoms with Gasteiger partial charge in [-0.05, 0) is 31.2 Å². The van der Waals surface area contributed by atoms with Gasteiger partial charge in [0.2, 0.25) is 5.91 Å². The molecule has 0 aliphatic carbocycles. The van der Waals surface area contributed by atoms with Crippen molar-refractivity contribution in [2.75, 3.05) is 0 Å². The topological polar surface area (TPSA) is 113 Å². The number of fused-ring (bicyclic) bond motifs is 2. The van der Waals surface area contributed by atoms with Crippen molar-refractivity contribution in [3.63, 3.8) is 0 Å². The van der Waals surface area contributed by atoms with Crippen LogP contribution in [0.2, 0.25) is 0 Å². The van der Waals surface area contributed by atoms with Crippen LogP contribution < -0.4 is 16.4 Å². The number of hydrogen-bond donors (Lipinski definition) is 3. The molecular weight excluding hydrogens is 346 g/mol. The lowest BCUT2D eigenvalue weighted by Gasteiger charge is -2.12. The maximum absolute atomic E-state index is 12.5. The lowest BCUT2D eigenvalue weighted by atomic mass is 10.2. The highest BCUT2D eigenvalue weighted by atomic mass is 16.2. The number of benzene rings is 2. The number of nitrogens with zero attached hydrogens (tertiary/aromatic N) is 2. The number of aromatic nitrogens is 4. The first-order valence-corrected chi connectivity index (χ1v) is 8.49. The van der Waals surface area contributed by atoms with Crippen molar-refractivity contribution in [2.24, 2.45) is 0 Å². The molecule has 27 heavy (non-hydrogen) atoms. The van der Waals surface area contributed by atoms with Gasteiger partial charge in [-0.3, -0.25) is 19.5 Å². The van der Waals surface area contributed by atoms with Crippen molar-refractivity contribution < 1.29 is 4.79 Å². The molecule has 0 bridgehead atoms. The summed E-state index contributed by atoms with van der Waals surface area (Å²) in [6.45, 7) is 1.50. The molecule has 2 aromatic heterocycles. The second kappa shape index (κ2) is 6.56. The van der Waals surface area contributed by atoms with Gasteiger partial charge in [0.25, 0.3) is 11.1 Å². The van der Waals surface area contributed by atoms with Gasteiger partial charge in [0.05, 0.1) is 27.8 Å². The largest absolute Gasteiger partial charge is 0.345 e. The Kier molecular flexibility index (Phi) is 4.08. The summed E-state index contributed by atoms with van der Waals surface area (Å²) in [5.74, 6) is 0.208. The summed E-state index contributed by atoms with van der Waals surface area (Å²) >= 11 is 0. The molecule has 8 heteroatoms. The lowest BCUT2D eigenvalue weighted by molar-refractivity contribution is -0.122. The van der Waals surface area contributed by atoms with E-state index < -0.39 is 17.0 Å². The van der Waals surface area contributed by atoms with E-state index in [9.17, 15) is 14.4 Å².